The van der Waals surface area contributed by atoms with Crippen LogP contribution in [-0.2, 0) is 0 Å². The summed E-state index contributed by atoms with van der Waals surface area (Å²) >= 11 is 0. The lowest BCUT2D eigenvalue weighted by Crippen LogP contribution is -2.12. The largest absolute Gasteiger partial charge is 0.493 e. The second-order valence-electron chi connectivity index (χ2n) is 5.41. The fourth-order valence-electron chi connectivity index (χ4n) is 2.88. The molecule has 120 valence electrons. The summed E-state index contributed by atoms with van der Waals surface area (Å²) in [5.41, 5.74) is 7.51. The molecule has 2 aromatic heterocycles. The molecule has 4 aromatic rings. The summed E-state index contributed by atoms with van der Waals surface area (Å²) in [6, 6.07) is 11.3. The number of hydrogen-bond donors (Lipinski definition) is 1. The monoisotopic (exact) mass is 322 g/mol. The molecule has 0 aliphatic carbocycles. The number of methoxy groups -OCH3 is 1. The predicted molar refractivity (Wildman–Crippen MR) is 89.0 cm³/mol. The van der Waals surface area contributed by atoms with Gasteiger partial charge in [-0.3, -0.25) is 4.79 Å². The fourth-order valence-corrected chi connectivity index (χ4v) is 2.88. The molecule has 2 heterocycles. The van der Waals surface area contributed by atoms with Crippen LogP contribution in [0.3, 0.4) is 0 Å². The average Bonchev–Trinajstić information content (AvgIpc) is 3.15. The molecule has 0 saturated carbocycles. The molecule has 0 aliphatic heterocycles. The molecule has 6 nitrogen and oxygen atoms in total. The van der Waals surface area contributed by atoms with Crippen LogP contribution in [0.15, 0.2) is 45.2 Å². The molecule has 0 saturated heterocycles. The van der Waals surface area contributed by atoms with E-state index in [2.05, 4.69) is 4.98 Å². The number of carbonyl (C=O) groups excluding carboxylic acids is 1. The summed E-state index contributed by atoms with van der Waals surface area (Å²) in [6.07, 6.45) is 0. The van der Waals surface area contributed by atoms with E-state index < -0.39 is 5.91 Å². The highest BCUT2D eigenvalue weighted by molar-refractivity contribution is 6.13. The van der Waals surface area contributed by atoms with Crippen molar-refractivity contribution in [2.75, 3.05) is 7.11 Å². The number of nitrogens with zero attached hydrogens (tertiary/aromatic N) is 1. The molecule has 0 fully saturated rings. The van der Waals surface area contributed by atoms with Crippen LogP contribution in [-0.4, -0.2) is 18.0 Å². The molecule has 4 rings (SSSR count). The second kappa shape index (κ2) is 5.13. The second-order valence-corrected chi connectivity index (χ2v) is 5.41. The first-order valence-corrected chi connectivity index (χ1v) is 7.36. The molecule has 0 atom stereocenters. The number of hydrogen-bond acceptors (Lipinski definition) is 5. The number of ether oxygens (including phenoxy) is 1. The summed E-state index contributed by atoms with van der Waals surface area (Å²) in [4.78, 5) is 15.7. The van der Waals surface area contributed by atoms with Gasteiger partial charge in [0.1, 0.15) is 11.3 Å². The van der Waals surface area contributed by atoms with Crippen molar-refractivity contribution in [1.82, 2.24) is 4.98 Å². The Bertz CT molecular complexity index is 1090. The van der Waals surface area contributed by atoms with Gasteiger partial charge in [0.15, 0.2) is 17.0 Å². The first kappa shape index (κ1) is 14.3. The third kappa shape index (κ3) is 1.96. The van der Waals surface area contributed by atoms with Gasteiger partial charge in [0.25, 0.3) is 5.91 Å². The SMILES string of the molecule is COc1ccc(-c2nc(C(N)=O)c(C)o2)c2c1oc1ccccc12. The van der Waals surface area contributed by atoms with Crippen molar-refractivity contribution >= 4 is 27.8 Å². The van der Waals surface area contributed by atoms with Gasteiger partial charge in [-0.05, 0) is 25.1 Å². The first-order valence-electron chi connectivity index (χ1n) is 7.36. The third-order valence-electron chi connectivity index (χ3n) is 3.97. The van der Waals surface area contributed by atoms with Crippen molar-refractivity contribution in [1.29, 1.82) is 0 Å². The maximum Gasteiger partial charge on any atom is 0.270 e. The standard InChI is InChI=1S/C18H14N2O4/c1-9-15(17(19)21)20-18(23-9)11-7-8-13(22-2)16-14(11)10-5-3-4-6-12(10)24-16/h3-8H,1-2H3,(H2,19,21). The zero-order valence-electron chi connectivity index (χ0n) is 13.1. The van der Waals surface area contributed by atoms with Crippen LogP contribution in [0.5, 0.6) is 5.75 Å². The Kier molecular flexibility index (Phi) is 3.06. The fraction of sp³-hybridized carbons (Fsp3) is 0.111. The van der Waals surface area contributed by atoms with Gasteiger partial charge in [-0.25, -0.2) is 4.98 Å². The van der Waals surface area contributed by atoms with E-state index in [1.165, 1.54) is 0 Å². The Morgan fingerprint density at radius 2 is 1.96 bits per heavy atom. The Morgan fingerprint density at radius 3 is 2.67 bits per heavy atom. The van der Waals surface area contributed by atoms with Crippen LogP contribution < -0.4 is 10.5 Å². The number of furan rings is 1. The van der Waals surface area contributed by atoms with Crippen molar-refractivity contribution in [3.05, 3.63) is 47.9 Å². The van der Waals surface area contributed by atoms with Gasteiger partial charge in [-0.15, -0.1) is 0 Å². The molecule has 2 aromatic carbocycles. The number of nitrogens with two attached hydrogens (primary N) is 1. The minimum absolute atomic E-state index is 0.127. The highest BCUT2D eigenvalue weighted by atomic mass is 16.5. The zero-order valence-corrected chi connectivity index (χ0v) is 13.1. The van der Waals surface area contributed by atoms with Crippen LogP contribution in [0.4, 0.5) is 0 Å². The number of carbonyl (C=O) groups is 1. The van der Waals surface area contributed by atoms with Crippen molar-refractivity contribution in [2.45, 2.75) is 6.92 Å². The molecule has 1 amide bonds. The molecule has 0 spiro atoms. The lowest BCUT2D eigenvalue weighted by Gasteiger charge is -2.03. The van der Waals surface area contributed by atoms with E-state index in [9.17, 15) is 4.79 Å². The molecule has 0 aliphatic rings. The Hall–Kier alpha value is -3.28. The van der Waals surface area contributed by atoms with Crippen LogP contribution in [0.25, 0.3) is 33.4 Å². The molecule has 6 heteroatoms. The van der Waals surface area contributed by atoms with Gasteiger partial charge in [0, 0.05) is 16.3 Å². The van der Waals surface area contributed by atoms with Gasteiger partial charge < -0.3 is 19.3 Å². The molecule has 24 heavy (non-hydrogen) atoms. The topological polar surface area (TPSA) is 91.5 Å². The van der Waals surface area contributed by atoms with E-state index in [0.29, 0.717) is 28.5 Å². The summed E-state index contributed by atoms with van der Waals surface area (Å²) in [7, 11) is 1.59. The Morgan fingerprint density at radius 1 is 1.17 bits per heavy atom. The van der Waals surface area contributed by atoms with Gasteiger partial charge in [-0.2, -0.15) is 0 Å². The van der Waals surface area contributed by atoms with Gasteiger partial charge in [0.2, 0.25) is 5.89 Å². The summed E-state index contributed by atoms with van der Waals surface area (Å²) in [5, 5.41) is 1.74. The lowest BCUT2D eigenvalue weighted by molar-refractivity contribution is 0.0994. The van der Waals surface area contributed by atoms with E-state index in [0.717, 1.165) is 16.4 Å². The maximum absolute atomic E-state index is 11.5. The number of oxazole rings is 1. The minimum atomic E-state index is -0.621. The highest BCUT2D eigenvalue weighted by Gasteiger charge is 2.21. The van der Waals surface area contributed by atoms with Gasteiger partial charge in [0.05, 0.1) is 7.11 Å². The van der Waals surface area contributed by atoms with Crippen molar-refractivity contribution in [2.24, 2.45) is 5.73 Å². The number of benzene rings is 2. The number of para-hydroxylation sites is 1. The number of primary amides is 1. The van der Waals surface area contributed by atoms with E-state index >= 15 is 0 Å². The molecular formula is C18H14N2O4. The zero-order chi connectivity index (χ0) is 16.8. The van der Waals surface area contributed by atoms with Crippen molar-refractivity contribution in [3.63, 3.8) is 0 Å². The number of fused-ring (bicyclic) bond motifs is 3. The van der Waals surface area contributed by atoms with Crippen molar-refractivity contribution in [3.8, 4) is 17.2 Å². The first-order chi connectivity index (χ1) is 11.6. The normalized spacial score (nSPS) is 11.2. The summed E-state index contributed by atoms with van der Waals surface area (Å²) < 4.78 is 17.0. The molecule has 0 unspecified atom stereocenters. The van der Waals surface area contributed by atoms with Gasteiger partial charge >= 0.3 is 0 Å². The van der Waals surface area contributed by atoms with Crippen LogP contribution in [0.1, 0.15) is 16.2 Å². The summed E-state index contributed by atoms with van der Waals surface area (Å²) in [5.74, 6) is 0.697. The van der Waals surface area contributed by atoms with Gasteiger partial charge in [-0.1, -0.05) is 18.2 Å². The van der Waals surface area contributed by atoms with E-state index in [1.54, 1.807) is 20.1 Å². The minimum Gasteiger partial charge on any atom is -0.493 e. The van der Waals surface area contributed by atoms with Crippen molar-refractivity contribution < 1.29 is 18.4 Å². The molecule has 2 N–H and O–H groups in total. The average molecular weight is 322 g/mol. The van der Waals surface area contributed by atoms with E-state index in [1.807, 2.05) is 30.3 Å². The molecular weight excluding hydrogens is 308 g/mol. The number of amides is 1. The lowest BCUT2D eigenvalue weighted by atomic mass is 10.1. The Labute approximate surface area is 136 Å². The quantitative estimate of drug-likeness (QED) is 0.621. The third-order valence-corrected chi connectivity index (χ3v) is 3.97. The van der Waals surface area contributed by atoms with Crippen LogP contribution >= 0.6 is 0 Å². The molecule has 0 radical (unpaired) electrons. The smallest absolute Gasteiger partial charge is 0.270 e. The van der Waals surface area contributed by atoms with Crippen LogP contribution in [0, 0.1) is 6.92 Å². The number of aryl methyl sites for hydroxylation is 1. The Balaban J connectivity index is 2.09. The molecule has 0 bridgehead atoms. The van der Waals surface area contributed by atoms with Crippen LogP contribution in [0.2, 0.25) is 0 Å². The van der Waals surface area contributed by atoms with E-state index in [-0.39, 0.29) is 5.69 Å². The number of aromatic nitrogens is 1. The number of rotatable bonds is 3. The van der Waals surface area contributed by atoms with E-state index in [4.69, 9.17) is 19.3 Å². The maximum atomic E-state index is 11.5. The predicted octanol–water partition coefficient (Wildman–Crippen LogP) is 3.66. The highest BCUT2D eigenvalue weighted by Crippen LogP contribution is 2.41. The summed E-state index contributed by atoms with van der Waals surface area (Å²) in [6.45, 7) is 1.66.